The molecule has 4 fully saturated rings. The molecule has 4 aliphatic carbocycles. The van der Waals surface area contributed by atoms with Crippen molar-refractivity contribution in [1.82, 2.24) is 5.32 Å². The molecule has 0 unspecified atom stereocenters. The number of hydrogen-bond donors (Lipinski definition) is 3. The summed E-state index contributed by atoms with van der Waals surface area (Å²) in [5, 5.41) is 6.14. The van der Waals surface area contributed by atoms with E-state index in [4.69, 9.17) is 0 Å². The van der Waals surface area contributed by atoms with Gasteiger partial charge in [-0.15, -0.1) is 0 Å². The van der Waals surface area contributed by atoms with Crippen molar-refractivity contribution < 1.29 is 13.2 Å². The maximum absolute atomic E-state index is 12.5. The summed E-state index contributed by atoms with van der Waals surface area (Å²) in [5.74, 6) is 2.36. The Morgan fingerprint density at radius 1 is 0.960 bits per heavy atom. The van der Waals surface area contributed by atoms with Gasteiger partial charge in [0.2, 0.25) is 10.0 Å². The molecule has 3 N–H and O–H groups in total. The third-order valence-electron chi connectivity index (χ3n) is 5.86. The van der Waals surface area contributed by atoms with Crippen LogP contribution < -0.4 is 15.4 Å². The van der Waals surface area contributed by atoms with Crippen molar-refractivity contribution in [2.45, 2.75) is 44.1 Å². The van der Waals surface area contributed by atoms with Crippen LogP contribution in [0.4, 0.5) is 16.2 Å². The molecular weight excluding hydrogens is 338 g/mol. The number of sulfonamides is 1. The van der Waals surface area contributed by atoms with Gasteiger partial charge >= 0.3 is 6.03 Å². The number of benzene rings is 1. The SMILES string of the molecule is CS(=O)(=O)Nc1ccc(NC(=O)NC23CC4CC(CC(C4)C2)C3)cc1. The Morgan fingerprint density at radius 3 is 1.92 bits per heavy atom. The van der Waals surface area contributed by atoms with Crippen LogP contribution in [-0.4, -0.2) is 26.2 Å². The molecule has 7 heteroatoms. The molecule has 2 amide bonds. The standard InChI is InChI=1S/C18H25N3O3S/c1-25(23,24)21-16-4-2-15(3-5-16)19-17(22)20-18-9-12-6-13(10-18)8-14(7-12)11-18/h2-5,12-14,21H,6-11H2,1H3,(H2,19,20,22). The molecule has 0 atom stereocenters. The summed E-state index contributed by atoms with van der Waals surface area (Å²) in [4.78, 5) is 12.5. The van der Waals surface area contributed by atoms with E-state index in [9.17, 15) is 13.2 Å². The van der Waals surface area contributed by atoms with Gasteiger partial charge in [0.15, 0.2) is 0 Å². The quantitative estimate of drug-likeness (QED) is 0.768. The highest BCUT2D eigenvalue weighted by Gasteiger charge is 2.51. The molecule has 25 heavy (non-hydrogen) atoms. The van der Waals surface area contributed by atoms with Gasteiger partial charge in [-0.05, 0) is 80.5 Å². The minimum atomic E-state index is -3.29. The number of carbonyl (C=O) groups is 1. The fourth-order valence-electron chi connectivity index (χ4n) is 5.50. The minimum Gasteiger partial charge on any atom is -0.332 e. The Labute approximate surface area is 148 Å². The average Bonchev–Trinajstić information content (AvgIpc) is 2.45. The van der Waals surface area contributed by atoms with E-state index < -0.39 is 10.0 Å². The molecule has 4 saturated carbocycles. The average molecular weight is 363 g/mol. The molecule has 4 aliphatic rings. The van der Waals surface area contributed by atoms with Crippen LogP contribution >= 0.6 is 0 Å². The normalized spacial score (nSPS) is 33.1. The summed E-state index contributed by atoms with van der Waals surface area (Å²) < 4.78 is 24.9. The second-order valence-electron chi connectivity index (χ2n) is 8.23. The first-order valence-electron chi connectivity index (χ1n) is 8.96. The molecule has 0 aliphatic heterocycles. The van der Waals surface area contributed by atoms with Crippen LogP contribution in [-0.2, 0) is 10.0 Å². The van der Waals surface area contributed by atoms with Gasteiger partial charge in [0.05, 0.1) is 6.26 Å². The Morgan fingerprint density at radius 2 is 1.44 bits per heavy atom. The third kappa shape index (κ3) is 3.76. The zero-order chi connectivity index (χ0) is 17.7. The van der Waals surface area contributed by atoms with Crippen molar-refractivity contribution in [3.05, 3.63) is 24.3 Å². The Kier molecular flexibility index (Phi) is 3.94. The van der Waals surface area contributed by atoms with E-state index in [1.807, 2.05) is 0 Å². The first-order valence-corrected chi connectivity index (χ1v) is 10.8. The number of amides is 2. The highest BCUT2D eigenvalue weighted by molar-refractivity contribution is 7.92. The highest BCUT2D eigenvalue weighted by Crippen LogP contribution is 2.55. The molecule has 5 rings (SSSR count). The van der Waals surface area contributed by atoms with Crippen LogP contribution in [0.15, 0.2) is 24.3 Å². The number of carbonyl (C=O) groups excluding carboxylic acids is 1. The van der Waals surface area contributed by atoms with Gasteiger partial charge in [-0.25, -0.2) is 13.2 Å². The second kappa shape index (κ2) is 5.90. The molecule has 1 aromatic carbocycles. The number of hydrogen-bond acceptors (Lipinski definition) is 3. The van der Waals surface area contributed by atoms with Crippen LogP contribution in [0.1, 0.15) is 38.5 Å². The summed E-state index contributed by atoms with van der Waals surface area (Å²) in [6.07, 6.45) is 8.49. The molecule has 0 aromatic heterocycles. The van der Waals surface area contributed by atoms with Crippen LogP contribution in [0.25, 0.3) is 0 Å². The second-order valence-corrected chi connectivity index (χ2v) is 9.98. The smallest absolute Gasteiger partial charge is 0.319 e. The Balaban J connectivity index is 1.38. The van der Waals surface area contributed by atoms with E-state index in [1.54, 1.807) is 24.3 Å². The maximum atomic E-state index is 12.5. The number of nitrogens with one attached hydrogen (secondary N) is 3. The highest BCUT2D eigenvalue weighted by atomic mass is 32.2. The minimum absolute atomic E-state index is 0.0172. The van der Waals surface area contributed by atoms with Crippen molar-refractivity contribution in [2.75, 3.05) is 16.3 Å². The molecule has 4 bridgehead atoms. The van der Waals surface area contributed by atoms with Crippen LogP contribution in [0.2, 0.25) is 0 Å². The lowest BCUT2D eigenvalue weighted by Gasteiger charge is -2.56. The van der Waals surface area contributed by atoms with E-state index in [0.29, 0.717) is 11.4 Å². The fraction of sp³-hybridized carbons (Fsp3) is 0.611. The van der Waals surface area contributed by atoms with Gasteiger partial charge in [0, 0.05) is 16.9 Å². The van der Waals surface area contributed by atoms with Crippen molar-refractivity contribution >= 4 is 27.4 Å². The molecule has 6 nitrogen and oxygen atoms in total. The summed E-state index contributed by atoms with van der Waals surface area (Å²) in [7, 11) is -3.29. The molecule has 0 spiro atoms. The van der Waals surface area contributed by atoms with Gasteiger partial charge in [-0.1, -0.05) is 0 Å². The first kappa shape index (κ1) is 16.7. The monoisotopic (exact) mass is 363 g/mol. The molecule has 0 saturated heterocycles. The van der Waals surface area contributed by atoms with Crippen molar-refractivity contribution in [1.29, 1.82) is 0 Å². The van der Waals surface area contributed by atoms with E-state index in [2.05, 4.69) is 15.4 Å². The molecule has 1 aromatic rings. The molecule has 0 radical (unpaired) electrons. The van der Waals surface area contributed by atoms with Crippen LogP contribution in [0.3, 0.4) is 0 Å². The molecule has 136 valence electrons. The zero-order valence-electron chi connectivity index (χ0n) is 14.4. The summed E-state index contributed by atoms with van der Waals surface area (Å²) in [5.41, 5.74) is 1.12. The summed E-state index contributed by atoms with van der Waals surface area (Å²) >= 11 is 0. The zero-order valence-corrected chi connectivity index (χ0v) is 15.2. The Hall–Kier alpha value is -1.76. The van der Waals surface area contributed by atoms with Gasteiger partial charge in [0.1, 0.15) is 0 Å². The fourth-order valence-corrected chi connectivity index (χ4v) is 6.07. The van der Waals surface area contributed by atoms with Crippen molar-refractivity contribution in [3.8, 4) is 0 Å². The van der Waals surface area contributed by atoms with E-state index in [1.165, 1.54) is 19.3 Å². The molecule has 0 heterocycles. The maximum Gasteiger partial charge on any atom is 0.319 e. The lowest BCUT2D eigenvalue weighted by Crippen LogP contribution is -2.60. The topological polar surface area (TPSA) is 87.3 Å². The van der Waals surface area contributed by atoms with Crippen LogP contribution in [0.5, 0.6) is 0 Å². The Bertz CT molecular complexity index is 738. The van der Waals surface area contributed by atoms with Gasteiger partial charge < -0.3 is 10.6 Å². The third-order valence-corrected chi connectivity index (χ3v) is 6.47. The first-order chi connectivity index (χ1) is 11.8. The summed E-state index contributed by atoms with van der Waals surface area (Å²) in [6.45, 7) is 0. The van der Waals surface area contributed by atoms with E-state index >= 15 is 0 Å². The number of rotatable bonds is 4. The predicted molar refractivity (Wildman–Crippen MR) is 98.0 cm³/mol. The van der Waals surface area contributed by atoms with E-state index in [-0.39, 0.29) is 11.6 Å². The van der Waals surface area contributed by atoms with Gasteiger partial charge in [-0.3, -0.25) is 4.72 Å². The molecular formula is C18H25N3O3S. The van der Waals surface area contributed by atoms with Gasteiger partial charge in [0.25, 0.3) is 0 Å². The van der Waals surface area contributed by atoms with Crippen molar-refractivity contribution in [2.24, 2.45) is 17.8 Å². The number of urea groups is 1. The van der Waals surface area contributed by atoms with Gasteiger partial charge in [-0.2, -0.15) is 0 Å². The predicted octanol–water partition coefficient (Wildman–Crippen LogP) is 3.15. The lowest BCUT2D eigenvalue weighted by molar-refractivity contribution is -0.0127. The van der Waals surface area contributed by atoms with Crippen molar-refractivity contribution in [3.63, 3.8) is 0 Å². The summed E-state index contributed by atoms with van der Waals surface area (Å²) in [6, 6.07) is 6.52. The van der Waals surface area contributed by atoms with Crippen LogP contribution in [0, 0.1) is 17.8 Å². The lowest BCUT2D eigenvalue weighted by atomic mass is 9.53. The number of anilines is 2. The largest absolute Gasteiger partial charge is 0.332 e. The van der Waals surface area contributed by atoms with E-state index in [0.717, 1.165) is 43.3 Å².